The van der Waals surface area contributed by atoms with Gasteiger partial charge >= 0.3 is 0 Å². The van der Waals surface area contributed by atoms with E-state index in [0.29, 0.717) is 0 Å². The number of nitrogens with zero attached hydrogens (tertiary/aromatic N) is 3. The van der Waals surface area contributed by atoms with Crippen molar-refractivity contribution in [2.75, 3.05) is 7.05 Å². The first-order chi connectivity index (χ1) is 6.33. The van der Waals surface area contributed by atoms with Crippen molar-refractivity contribution in [1.29, 1.82) is 0 Å². The fourth-order valence-electron chi connectivity index (χ4n) is 1.39. The fourth-order valence-corrected chi connectivity index (χ4v) is 1.39. The van der Waals surface area contributed by atoms with E-state index >= 15 is 0 Å². The molecule has 0 amide bonds. The van der Waals surface area contributed by atoms with E-state index in [1.807, 2.05) is 30.8 Å². The van der Waals surface area contributed by atoms with Gasteiger partial charge in [-0.3, -0.25) is 0 Å². The highest BCUT2D eigenvalue weighted by Crippen LogP contribution is 2.10. The molecule has 0 atom stereocenters. The highest BCUT2D eigenvalue weighted by molar-refractivity contribution is 5.70. The van der Waals surface area contributed by atoms with E-state index in [0.717, 1.165) is 23.5 Å². The maximum Gasteiger partial charge on any atom is 0.159 e. The summed E-state index contributed by atoms with van der Waals surface area (Å²) in [6.07, 6.45) is 1.78. The summed E-state index contributed by atoms with van der Waals surface area (Å²) >= 11 is 0. The van der Waals surface area contributed by atoms with E-state index in [1.165, 1.54) is 0 Å². The van der Waals surface area contributed by atoms with Crippen molar-refractivity contribution in [3.8, 4) is 0 Å². The second-order valence-corrected chi connectivity index (χ2v) is 2.96. The Hall–Kier alpha value is -1.42. The van der Waals surface area contributed by atoms with Gasteiger partial charge in [-0.25, -0.2) is 9.97 Å². The van der Waals surface area contributed by atoms with Gasteiger partial charge in [0.05, 0.1) is 6.54 Å². The van der Waals surface area contributed by atoms with E-state index in [9.17, 15) is 0 Å². The zero-order chi connectivity index (χ0) is 9.26. The number of imidazole rings is 1. The smallest absolute Gasteiger partial charge is 0.159 e. The van der Waals surface area contributed by atoms with Crippen LogP contribution in [0, 0.1) is 0 Å². The summed E-state index contributed by atoms with van der Waals surface area (Å²) in [6, 6.07) is 3.87. The zero-order valence-corrected chi connectivity index (χ0v) is 7.78. The molecule has 0 unspecified atom stereocenters. The third-order valence-corrected chi connectivity index (χ3v) is 2.06. The topological polar surface area (TPSA) is 42.7 Å². The van der Waals surface area contributed by atoms with E-state index in [4.69, 9.17) is 0 Å². The quantitative estimate of drug-likeness (QED) is 0.732. The van der Waals surface area contributed by atoms with Crippen LogP contribution in [0.5, 0.6) is 0 Å². The molecule has 0 radical (unpaired) electrons. The van der Waals surface area contributed by atoms with Crippen LogP contribution in [0.15, 0.2) is 18.3 Å². The first kappa shape index (κ1) is 8.19. The van der Waals surface area contributed by atoms with Crippen molar-refractivity contribution >= 4 is 11.2 Å². The Morgan fingerprint density at radius 2 is 2.38 bits per heavy atom. The largest absolute Gasteiger partial charge is 0.315 e. The Balaban J connectivity index is 2.60. The van der Waals surface area contributed by atoms with Gasteiger partial charge in [-0.05, 0) is 19.2 Å². The van der Waals surface area contributed by atoms with Crippen LogP contribution in [-0.2, 0) is 13.6 Å². The number of aromatic nitrogens is 3. The van der Waals surface area contributed by atoms with Gasteiger partial charge in [-0.1, -0.05) is 0 Å². The van der Waals surface area contributed by atoms with Crippen LogP contribution >= 0.6 is 0 Å². The van der Waals surface area contributed by atoms with Gasteiger partial charge in [-0.15, -0.1) is 0 Å². The number of aryl methyl sites for hydroxylation is 1. The van der Waals surface area contributed by atoms with Crippen molar-refractivity contribution < 1.29 is 0 Å². The Morgan fingerprint density at radius 1 is 1.54 bits per heavy atom. The van der Waals surface area contributed by atoms with Crippen LogP contribution in [0.4, 0.5) is 0 Å². The minimum absolute atomic E-state index is 0.771. The van der Waals surface area contributed by atoms with Gasteiger partial charge in [0, 0.05) is 13.2 Å². The Morgan fingerprint density at radius 3 is 3.08 bits per heavy atom. The van der Waals surface area contributed by atoms with Gasteiger partial charge in [0.1, 0.15) is 11.3 Å². The van der Waals surface area contributed by atoms with Crippen LogP contribution in [-0.4, -0.2) is 21.6 Å². The molecule has 0 aliphatic carbocycles. The number of fused-ring (bicyclic) bond motifs is 1. The van der Waals surface area contributed by atoms with E-state index in [2.05, 4.69) is 15.3 Å². The molecule has 4 heteroatoms. The lowest BCUT2D eigenvalue weighted by Crippen LogP contribution is -2.10. The summed E-state index contributed by atoms with van der Waals surface area (Å²) in [5.41, 5.74) is 1.89. The average molecular weight is 176 g/mol. The summed E-state index contributed by atoms with van der Waals surface area (Å²) in [5.74, 6) is 1.01. The van der Waals surface area contributed by atoms with Crippen LogP contribution < -0.4 is 5.32 Å². The fraction of sp³-hybridized carbons (Fsp3) is 0.333. The molecule has 13 heavy (non-hydrogen) atoms. The van der Waals surface area contributed by atoms with Crippen molar-refractivity contribution in [3.05, 3.63) is 24.2 Å². The Kier molecular flexibility index (Phi) is 1.98. The molecule has 2 rings (SSSR count). The first-order valence-electron chi connectivity index (χ1n) is 4.24. The molecule has 0 aliphatic heterocycles. The number of hydrogen-bond acceptors (Lipinski definition) is 3. The molecule has 0 saturated heterocycles. The third kappa shape index (κ3) is 1.29. The molecule has 0 aliphatic rings. The number of pyridine rings is 1. The van der Waals surface area contributed by atoms with Gasteiger partial charge < -0.3 is 9.88 Å². The van der Waals surface area contributed by atoms with Gasteiger partial charge in [0.2, 0.25) is 0 Å². The van der Waals surface area contributed by atoms with Crippen molar-refractivity contribution in [3.63, 3.8) is 0 Å². The molecule has 2 aromatic rings. The molecule has 0 saturated carbocycles. The van der Waals surface area contributed by atoms with Crippen LogP contribution in [0.25, 0.3) is 11.2 Å². The highest BCUT2D eigenvalue weighted by atomic mass is 15.1. The van der Waals surface area contributed by atoms with E-state index < -0.39 is 0 Å². The van der Waals surface area contributed by atoms with Crippen molar-refractivity contribution in [2.45, 2.75) is 6.54 Å². The molecular weight excluding hydrogens is 164 g/mol. The maximum atomic E-state index is 4.44. The molecule has 68 valence electrons. The summed E-state index contributed by atoms with van der Waals surface area (Å²) in [7, 11) is 3.89. The standard InChI is InChI=1S/C9H12N4/c1-10-6-8-12-7-4-3-5-11-9(7)13(8)2/h3-5,10H,6H2,1-2H3. The summed E-state index contributed by atoms with van der Waals surface area (Å²) in [4.78, 5) is 8.70. The second-order valence-electron chi connectivity index (χ2n) is 2.96. The average Bonchev–Trinajstić information content (AvgIpc) is 2.46. The molecule has 2 heterocycles. The second kappa shape index (κ2) is 3.14. The predicted octanol–water partition coefficient (Wildman–Crippen LogP) is 0.688. The zero-order valence-electron chi connectivity index (χ0n) is 7.78. The molecule has 4 nitrogen and oxygen atoms in total. The molecule has 0 spiro atoms. The lowest BCUT2D eigenvalue weighted by atomic mass is 10.4. The summed E-state index contributed by atoms with van der Waals surface area (Å²) < 4.78 is 2.01. The number of hydrogen-bond donors (Lipinski definition) is 1. The van der Waals surface area contributed by atoms with Crippen molar-refractivity contribution in [1.82, 2.24) is 19.9 Å². The molecule has 2 aromatic heterocycles. The minimum Gasteiger partial charge on any atom is -0.315 e. The Bertz CT molecular complexity index is 418. The molecule has 0 fully saturated rings. The summed E-state index contributed by atoms with van der Waals surface area (Å²) in [6.45, 7) is 0.771. The monoisotopic (exact) mass is 176 g/mol. The predicted molar refractivity (Wildman–Crippen MR) is 51.3 cm³/mol. The van der Waals surface area contributed by atoms with E-state index in [-0.39, 0.29) is 0 Å². The normalized spacial score (nSPS) is 10.9. The third-order valence-electron chi connectivity index (χ3n) is 2.06. The number of nitrogens with one attached hydrogen (secondary N) is 1. The van der Waals surface area contributed by atoms with Crippen LogP contribution in [0.2, 0.25) is 0 Å². The molecular formula is C9H12N4. The lowest BCUT2D eigenvalue weighted by molar-refractivity contribution is 0.716. The lowest BCUT2D eigenvalue weighted by Gasteiger charge is -1.98. The van der Waals surface area contributed by atoms with Crippen LogP contribution in [0.3, 0.4) is 0 Å². The molecule has 0 aromatic carbocycles. The Labute approximate surface area is 76.6 Å². The van der Waals surface area contributed by atoms with Gasteiger partial charge in [-0.2, -0.15) is 0 Å². The maximum absolute atomic E-state index is 4.44. The minimum atomic E-state index is 0.771. The van der Waals surface area contributed by atoms with Crippen LogP contribution in [0.1, 0.15) is 5.82 Å². The molecule has 1 N–H and O–H groups in total. The number of rotatable bonds is 2. The van der Waals surface area contributed by atoms with Gasteiger partial charge in [0.15, 0.2) is 5.65 Å². The highest BCUT2D eigenvalue weighted by Gasteiger charge is 2.05. The van der Waals surface area contributed by atoms with Crippen molar-refractivity contribution in [2.24, 2.45) is 7.05 Å². The summed E-state index contributed by atoms with van der Waals surface area (Å²) in [5, 5.41) is 3.07. The molecule has 0 bridgehead atoms. The van der Waals surface area contributed by atoms with Gasteiger partial charge in [0.25, 0.3) is 0 Å². The van der Waals surface area contributed by atoms with E-state index in [1.54, 1.807) is 6.20 Å². The SMILES string of the molecule is CNCc1nc2cccnc2n1C. The first-order valence-corrected chi connectivity index (χ1v) is 4.24.